The van der Waals surface area contributed by atoms with Crippen LogP contribution in [0, 0.1) is 0 Å². The Kier molecular flexibility index (Phi) is 5.41. The van der Waals surface area contributed by atoms with Gasteiger partial charge in [0.15, 0.2) is 0 Å². The number of nitrogens with zero attached hydrogens (tertiary/aromatic N) is 2. The summed E-state index contributed by atoms with van der Waals surface area (Å²) < 4.78 is 7.07. The third-order valence-corrected chi connectivity index (χ3v) is 5.34. The molecule has 2 heterocycles. The summed E-state index contributed by atoms with van der Waals surface area (Å²) in [5.41, 5.74) is 1.94. The minimum Gasteiger partial charge on any atom is -0.464 e. The molecule has 1 saturated heterocycles. The molecule has 2 aromatic rings. The highest BCUT2D eigenvalue weighted by atomic mass is 32.2. The molecule has 3 rings (SSSR count). The van der Waals surface area contributed by atoms with Crippen LogP contribution in [0.4, 0.5) is 4.79 Å². The molecule has 1 aliphatic rings. The Balaban J connectivity index is 1.97. The van der Waals surface area contributed by atoms with Crippen molar-refractivity contribution in [1.82, 2.24) is 9.47 Å². The third-order valence-electron chi connectivity index (χ3n) is 4.45. The summed E-state index contributed by atoms with van der Waals surface area (Å²) in [5, 5.41) is 0.552. The molecule has 1 atom stereocenters. The molecule has 7 heteroatoms. The Hall–Kier alpha value is -2.54. The zero-order valence-electron chi connectivity index (χ0n) is 15.8. The number of hydrogen-bond acceptors (Lipinski definition) is 5. The van der Waals surface area contributed by atoms with E-state index in [1.165, 1.54) is 6.92 Å². The van der Waals surface area contributed by atoms with Gasteiger partial charge in [-0.05, 0) is 51.6 Å². The molecule has 0 saturated carbocycles. The normalized spacial score (nSPS) is 17.4. The summed E-state index contributed by atoms with van der Waals surface area (Å²) in [6.45, 7) is 7.56. The molecular weight excluding hydrogens is 364 g/mol. The predicted octanol–water partition coefficient (Wildman–Crippen LogP) is 4.21. The van der Waals surface area contributed by atoms with Gasteiger partial charge >= 0.3 is 5.97 Å². The van der Waals surface area contributed by atoms with Crippen LogP contribution in [0.1, 0.15) is 39.3 Å². The zero-order valence-corrected chi connectivity index (χ0v) is 16.6. The molecule has 1 aliphatic heterocycles. The average Bonchev–Trinajstić information content (AvgIpc) is 3.13. The highest BCUT2D eigenvalue weighted by molar-refractivity contribution is 8.18. The van der Waals surface area contributed by atoms with Gasteiger partial charge in [0.25, 0.3) is 11.1 Å². The minimum absolute atomic E-state index is 0.198. The number of rotatable bonds is 5. The lowest BCUT2D eigenvalue weighted by Gasteiger charge is -2.19. The zero-order chi connectivity index (χ0) is 19.7. The van der Waals surface area contributed by atoms with Crippen LogP contribution in [0.15, 0.2) is 35.4 Å². The molecule has 0 bridgehead atoms. The molecule has 1 fully saturated rings. The van der Waals surface area contributed by atoms with Gasteiger partial charge in [0.2, 0.25) is 0 Å². The lowest BCUT2D eigenvalue weighted by Crippen LogP contribution is -2.42. The van der Waals surface area contributed by atoms with Gasteiger partial charge < -0.3 is 9.30 Å². The first-order valence-corrected chi connectivity index (χ1v) is 9.70. The second-order valence-corrected chi connectivity index (χ2v) is 7.58. The van der Waals surface area contributed by atoms with E-state index in [9.17, 15) is 14.4 Å². The quantitative estimate of drug-likeness (QED) is 0.569. The molecule has 0 N–H and O–H groups in total. The van der Waals surface area contributed by atoms with Crippen LogP contribution >= 0.6 is 11.8 Å². The number of fused-ring (bicyclic) bond motifs is 1. The van der Waals surface area contributed by atoms with E-state index in [0.717, 1.165) is 33.1 Å². The highest BCUT2D eigenvalue weighted by Gasteiger charge is 2.41. The smallest absolute Gasteiger partial charge is 0.329 e. The van der Waals surface area contributed by atoms with Gasteiger partial charge in [0.05, 0.1) is 11.5 Å². The molecule has 1 aromatic carbocycles. The summed E-state index contributed by atoms with van der Waals surface area (Å²) in [7, 11) is 0. The molecule has 27 heavy (non-hydrogen) atoms. The van der Waals surface area contributed by atoms with Crippen molar-refractivity contribution < 1.29 is 19.1 Å². The Bertz CT molecular complexity index is 945. The van der Waals surface area contributed by atoms with Crippen LogP contribution in [0.5, 0.6) is 0 Å². The van der Waals surface area contributed by atoms with Crippen LogP contribution in [-0.2, 0) is 14.3 Å². The van der Waals surface area contributed by atoms with Crippen molar-refractivity contribution in [1.29, 1.82) is 0 Å². The van der Waals surface area contributed by atoms with Gasteiger partial charge in [-0.3, -0.25) is 14.5 Å². The Labute approximate surface area is 162 Å². The Morgan fingerprint density at radius 3 is 2.59 bits per heavy atom. The van der Waals surface area contributed by atoms with Crippen molar-refractivity contribution in [2.75, 3.05) is 6.61 Å². The van der Waals surface area contributed by atoms with E-state index in [4.69, 9.17) is 4.74 Å². The largest absolute Gasteiger partial charge is 0.464 e. The van der Waals surface area contributed by atoms with Crippen molar-refractivity contribution in [3.8, 4) is 0 Å². The molecule has 0 radical (unpaired) electrons. The van der Waals surface area contributed by atoms with Crippen LogP contribution in [0.25, 0.3) is 17.0 Å². The molecule has 2 amide bonds. The maximum atomic E-state index is 12.7. The fourth-order valence-electron chi connectivity index (χ4n) is 3.10. The monoisotopic (exact) mass is 386 g/mol. The topological polar surface area (TPSA) is 68.6 Å². The summed E-state index contributed by atoms with van der Waals surface area (Å²) in [6, 6.07) is 7.25. The van der Waals surface area contributed by atoms with Crippen molar-refractivity contribution in [3.63, 3.8) is 0 Å². The lowest BCUT2D eigenvalue weighted by molar-refractivity contribution is -0.150. The first kappa shape index (κ1) is 19.2. The fourth-order valence-corrected chi connectivity index (χ4v) is 4.00. The van der Waals surface area contributed by atoms with Crippen LogP contribution < -0.4 is 0 Å². The SMILES string of the molecule is CCOC(=O)[C@H](C)N1C(=O)S/C(=C\c2cn(C(C)C)c3ccccc23)C1=O. The van der Waals surface area contributed by atoms with E-state index < -0.39 is 23.2 Å². The van der Waals surface area contributed by atoms with Crippen molar-refractivity contribution >= 4 is 45.9 Å². The van der Waals surface area contributed by atoms with Gasteiger partial charge in [-0.15, -0.1) is 0 Å². The number of carbonyl (C=O) groups is 3. The van der Waals surface area contributed by atoms with Crippen molar-refractivity contribution in [3.05, 3.63) is 40.9 Å². The summed E-state index contributed by atoms with van der Waals surface area (Å²) >= 11 is 0.848. The fraction of sp³-hybridized carbons (Fsp3) is 0.350. The lowest BCUT2D eigenvalue weighted by atomic mass is 10.1. The Morgan fingerprint density at radius 2 is 1.93 bits per heavy atom. The standard InChI is InChI=1S/C20H22N2O4S/c1-5-26-19(24)13(4)22-18(23)17(27-20(22)25)10-14-11-21(12(2)3)16-9-7-6-8-15(14)16/h6-13H,5H2,1-4H3/b17-10-/t13-/m0/s1. The molecule has 142 valence electrons. The van der Waals surface area contributed by atoms with Gasteiger partial charge in [-0.1, -0.05) is 18.2 Å². The Morgan fingerprint density at radius 1 is 1.22 bits per heavy atom. The first-order chi connectivity index (χ1) is 12.8. The number of benzene rings is 1. The second-order valence-electron chi connectivity index (χ2n) is 6.58. The van der Waals surface area contributed by atoms with Gasteiger partial charge in [0, 0.05) is 28.7 Å². The average molecular weight is 386 g/mol. The van der Waals surface area contributed by atoms with Crippen LogP contribution in [-0.4, -0.2) is 39.2 Å². The maximum Gasteiger partial charge on any atom is 0.329 e. The number of ether oxygens (including phenoxy) is 1. The number of amides is 2. The first-order valence-electron chi connectivity index (χ1n) is 8.88. The number of para-hydroxylation sites is 1. The number of carbonyl (C=O) groups excluding carboxylic acids is 3. The minimum atomic E-state index is -0.944. The number of aromatic nitrogens is 1. The van der Waals surface area contributed by atoms with E-state index in [0.29, 0.717) is 4.91 Å². The van der Waals surface area contributed by atoms with E-state index in [-0.39, 0.29) is 12.6 Å². The van der Waals surface area contributed by atoms with Gasteiger partial charge in [-0.25, -0.2) is 4.79 Å². The van der Waals surface area contributed by atoms with E-state index in [1.807, 2.05) is 30.5 Å². The molecule has 0 spiro atoms. The van der Waals surface area contributed by atoms with Gasteiger partial charge in [-0.2, -0.15) is 0 Å². The van der Waals surface area contributed by atoms with E-state index >= 15 is 0 Å². The summed E-state index contributed by atoms with van der Waals surface area (Å²) in [4.78, 5) is 38.3. The van der Waals surface area contributed by atoms with E-state index in [2.05, 4.69) is 18.4 Å². The molecule has 6 nitrogen and oxygen atoms in total. The van der Waals surface area contributed by atoms with Crippen LogP contribution in [0.2, 0.25) is 0 Å². The molecule has 1 aromatic heterocycles. The maximum absolute atomic E-state index is 12.7. The summed E-state index contributed by atoms with van der Waals surface area (Å²) in [5.74, 6) is -1.05. The molecule has 0 aliphatic carbocycles. The van der Waals surface area contributed by atoms with Crippen molar-refractivity contribution in [2.45, 2.75) is 39.8 Å². The number of hydrogen-bond donors (Lipinski definition) is 0. The highest BCUT2D eigenvalue weighted by Crippen LogP contribution is 2.35. The summed E-state index contributed by atoms with van der Waals surface area (Å²) in [6.07, 6.45) is 3.71. The van der Waals surface area contributed by atoms with Gasteiger partial charge in [0.1, 0.15) is 6.04 Å². The van der Waals surface area contributed by atoms with E-state index in [1.54, 1.807) is 13.0 Å². The number of esters is 1. The number of thioether (sulfide) groups is 1. The molecule has 0 unspecified atom stereocenters. The number of imide groups is 1. The second kappa shape index (κ2) is 7.60. The third kappa shape index (κ3) is 3.51. The molecular formula is C20H22N2O4S. The van der Waals surface area contributed by atoms with Crippen LogP contribution in [0.3, 0.4) is 0 Å². The van der Waals surface area contributed by atoms with Crippen molar-refractivity contribution in [2.24, 2.45) is 0 Å². The predicted molar refractivity (Wildman–Crippen MR) is 106 cm³/mol.